The fraction of sp³-hybridized carbons (Fsp3) is 0.0833. The third-order valence-electron chi connectivity index (χ3n) is 4.95. The molecule has 0 unspecified atom stereocenters. The third-order valence-corrected chi connectivity index (χ3v) is 4.95. The van der Waals surface area contributed by atoms with Crippen LogP contribution < -0.4 is 4.90 Å². The lowest BCUT2D eigenvalue weighted by Gasteiger charge is -2.19. The van der Waals surface area contributed by atoms with Gasteiger partial charge in [-0.3, -0.25) is 24.2 Å². The van der Waals surface area contributed by atoms with Crippen molar-refractivity contribution < 1.29 is 14.4 Å². The van der Waals surface area contributed by atoms with Crippen LogP contribution in [0.3, 0.4) is 0 Å². The molecular weight excluding hydrogens is 378 g/mol. The fourth-order valence-electron chi connectivity index (χ4n) is 3.31. The summed E-state index contributed by atoms with van der Waals surface area (Å²) in [6.45, 7) is 1.81. The standard InChI is InChI=1S/C24H19N3O3/c1-16-9-5-4-8-14-27(18-10-6-3-7-11-18)24(30)21(16)25-17-12-13-19-20(15-17)23(29)26(2)22(19)28/h3-15H,1-2H3/b5-4-,14-8+,16-9+,25-21-. The van der Waals surface area contributed by atoms with Crippen molar-refractivity contribution in [3.05, 3.63) is 95.7 Å². The van der Waals surface area contributed by atoms with E-state index in [9.17, 15) is 14.4 Å². The minimum atomic E-state index is -0.373. The molecule has 6 nitrogen and oxygen atoms in total. The first-order valence-electron chi connectivity index (χ1n) is 9.43. The number of hydrogen-bond donors (Lipinski definition) is 0. The molecule has 2 aliphatic rings. The molecule has 0 atom stereocenters. The first-order chi connectivity index (χ1) is 14.5. The quantitative estimate of drug-likeness (QED) is 0.718. The Morgan fingerprint density at radius 1 is 0.800 bits per heavy atom. The van der Waals surface area contributed by atoms with E-state index in [1.54, 1.807) is 30.5 Å². The molecule has 0 saturated carbocycles. The van der Waals surface area contributed by atoms with Crippen LogP contribution in [0.1, 0.15) is 27.6 Å². The third kappa shape index (κ3) is 3.39. The van der Waals surface area contributed by atoms with Crippen LogP contribution in [-0.2, 0) is 4.79 Å². The van der Waals surface area contributed by atoms with E-state index in [0.29, 0.717) is 28.1 Å². The molecule has 148 valence electrons. The highest BCUT2D eigenvalue weighted by atomic mass is 16.2. The molecule has 0 aliphatic carbocycles. The van der Waals surface area contributed by atoms with E-state index in [2.05, 4.69) is 4.99 Å². The molecular formula is C24H19N3O3. The normalized spacial score (nSPS) is 21.6. The second kappa shape index (κ2) is 7.75. The number of nitrogens with zero attached hydrogens (tertiary/aromatic N) is 3. The van der Waals surface area contributed by atoms with Crippen molar-refractivity contribution in [1.82, 2.24) is 4.90 Å². The summed E-state index contributed by atoms with van der Waals surface area (Å²) in [6, 6.07) is 14.1. The van der Waals surface area contributed by atoms with E-state index in [4.69, 9.17) is 0 Å². The van der Waals surface area contributed by atoms with Crippen LogP contribution in [0.2, 0.25) is 0 Å². The van der Waals surface area contributed by atoms with Gasteiger partial charge in [0.1, 0.15) is 5.71 Å². The Labute approximate surface area is 174 Å². The van der Waals surface area contributed by atoms with Crippen molar-refractivity contribution in [3.63, 3.8) is 0 Å². The number of amides is 3. The number of fused-ring (bicyclic) bond motifs is 1. The maximum absolute atomic E-state index is 13.4. The predicted molar refractivity (Wildman–Crippen MR) is 116 cm³/mol. The minimum Gasteiger partial charge on any atom is -0.282 e. The Morgan fingerprint density at radius 3 is 2.30 bits per heavy atom. The van der Waals surface area contributed by atoms with Gasteiger partial charge < -0.3 is 0 Å². The molecule has 0 aromatic heterocycles. The van der Waals surface area contributed by atoms with Gasteiger partial charge in [0.15, 0.2) is 0 Å². The first kappa shape index (κ1) is 19.3. The fourth-order valence-corrected chi connectivity index (χ4v) is 3.31. The van der Waals surface area contributed by atoms with Crippen LogP contribution in [0.5, 0.6) is 0 Å². The summed E-state index contributed by atoms with van der Waals surface area (Å²) in [7, 11) is 1.45. The van der Waals surface area contributed by atoms with Crippen molar-refractivity contribution in [3.8, 4) is 0 Å². The number of carbonyl (C=O) groups excluding carboxylic acids is 3. The van der Waals surface area contributed by atoms with E-state index in [1.165, 1.54) is 11.9 Å². The zero-order valence-electron chi connectivity index (χ0n) is 16.6. The average Bonchev–Trinajstić information content (AvgIpc) is 3.01. The van der Waals surface area contributed by atoms with Crippen molar-refractivity contribution in [2.24, 2.45) is 4.99 Å². The topological polar surface area (TPSA) is 70.1 Å². The van der Waals surface area contributed by atoms with Crippen molar-refractivity contribution in [1.29, 1.82) is 0 Å². The number of aliphatic imine (C=N–C) groups is 1. The van der Waals surface area contributed by atoms with E-state index < -0.39 is 0 Å². The largest absolute Gasteiger partial charge is 0.282 e. The van der Waals surface area contributed by atoms with Gasteiger partial charge in [0.05, 0.1) is 16.8 Å². The smallest absolute Gasteiger partial charge is 0.281 e. The average molecular weight is 397 g/mol. The molecule has 0 saturated heterocycles. The highest BCUT2D eigenvalue weighted by Gasteiger charge is 2.33. The van der Waals surface area contributed by atoms with Gasteiger partial charge in [-0.1, -0.05) is 36.4 Å². The molecule has 2 heterocycles. The number of imide groups is 1. The molecule has 2 aromatic rings. The van der Waals surface area contributed by atoms with Crippen LogP contribution >= 0.6 is 0 Å². The Kier molecular flexibility index (Phi) is 4.98. The van der Waals surface area contributed by atoms with Gasteiger partial charge in [-0.25, -0.2) is 4.99 Å². The van der Waals surface area contributed by atoms with E-state index in [0.717, 1.165) is 4.90 Å². The van der Waals surface area contributed by atoms with Gasteiger partial charge in [-0.15, -0.1) is 0 Å². The van der Waals surface area contributed by atoms with Crippen LogP contribution in [-0.4, -0.2) is 35.4 Å². The summed E-state index contributed by atoms with van der Waals surface area (Å²) in [6.07, 6.45) is 8.96. The summed E-state index contributed by atoms with van der Waals surface area (Å²) in [5, 5.41) is 0. The van der Waals surface area contributed by atoms with Gasteiger partial charge in [0.2, 0.25) is 0 Å². The molecule has 30 heavy (non-hydrogen) atoms. The molecule has 0 N–H and O–H groups in total. The van der Waals surface area contributed by atoms with Gasteiger partial charge in [-0.2, -0.15) is 0 Å². The number of carbonyl (C=O) groups is 3. The minimum absolute atomic E-state index is 0.250. The molecule has 0 fully saturated rings. The Bertz CT molecular complexity index is 1170. The maximum atomic E-state index is 13.4. The number of anilines is 1. The second-order valence-electron chi connectivity index (χ2n) is 6.95. The number of benzene rings is 2. The van der Waals surface area contributed by atoms with Crippen LogP contribution in [0.15, 0.2) is 89.6 Å². The zero-order chi connectivity index (χ0) is 21.3. The molecule has 0 spiro atoms. The Morgan fingerprint density at radius 2 is 1.53 bits per heavy atom. The van der Waals surface area contributed by atoms with E-state index >= 15 is 0 Å². The summed E-state index contributed by atoms with van der Waals surface area (Å²) in [5.74, 6) is -1.01. The van der Waals surface area contributed by atoms with Crippen molar-refractivity contribution in [2.45, 2.75) is 6.92 Å². The monoisotopic (exact) mass is 397 g/mol. The SMILES string of the molecule is C/C1=C\C=C/C=C/N(c2ccccc2)C(=O)\C1=N/c1ccc2c(c1)C(=O)N(C)C2=O. The number of hydrogen-bond acceptors (Lipinski definition) is 4. The maximum Gasteiger partial charge on any atom is 0.281 e. The van der Waals surface area contributed by atoms with Gasteiger partial charge in [-0.05, 0) is 48.9 Å². The summed E-state index contributed by atoms with van der Waals surface area (Å²) in [4.78, 5) is 45.0. The van der Waals surface area contributed by atoms with E-state index in [1.807, 2.05) is 55.5 Å². The van der Waals surface area contributed by atoms with Gasteiger partial charge in [0.25, 0.3) is 17.7 Å². The van der Waals surface area contributed by atoms with Crippen LogP contribution in [0.25, 0.3) is 0 Å². The summed E-state index contributed by atoms with van der Waals surface area (Å²) < 4.78 is 0. The van der Waals surface area contributed by atoms with Crippen LogP contribution in [0, 0.1) is 0 Å². The highest BCUT2D eigenvalue weighted by Crippen LogP contribution is 2.27. The highest BCUT2D eigenvalue weighted by molar-refractivity contribution is 6.50. The summed E-state index contributed by atoms with van der Waals surface area (Å²) >= 11 is 0. The molecule has 6 heteroatoms. The lowest BCUT2D eigenvalue weighted by molar-refractivity contribution is -0.111. The van der Waals surface area contributed by atoms with Gasteiger partial charge in [0, 0.05) is 18.9 Å². The molecule has 0 bridgehead atoms. The summed E-state index contributed by atoms with van der Waals surface area (Å²) in [5.41, 5.74) is 2.71. The second-order valence-corrected chi connectivity index (χ2v) is 6.95. The first-order valence-corrected chi connectivity index (χ1v) is 9.43. The molecule has 2 aliphatic heterocycles. The predicted octanol–water partition coefficient (Wildman–Crippen LogP) is 4.05. The molecule has 3 amide bonds. The Balaban J connectivity index is 1.80. The number of allylic oxidation sites excluding steroid dienone is 4. The van der Waals surface area contributed by atoms with Crippen molar-refractivity contribution in [2.75, 3.05) is 11.9 Å². The lowest BCUT2D eigenvalue weighted by Crippen LogP contribution is -2.33. The zero-order valence-corrected chi connectivity index (χ0v) is 16.6. The van der Waals surface area contributed by atoms with Gasteiger partial charge >= 0.3 is 0 Å². The molecule has 0 radical (unpaired) electrons. The molecule has 2 aromatic carbocycles. The van der Waals surface area contributed by atoms with E-state index in [-0.39, 0.29) is 23.4 Å². The van der Waals surface area contributed by atoms with Crippen molar-refractivity contribution >= 4 is 34.8 Å². The molecule has 4 rings (SSSR count). The van der Waals surface area contributed by atoms with Crippen LogP contribution in [0.4, 0.5) is 11.4 Å². The number of para-hydroxylation sites is 1. The lowest BCUT2D eigenvalue weighted by atomic mass is 10.1. The number of rotatable bonds is 2. The Hall–Kier alpha value is -4.06.